The van der Waals surface area contributed by atoms with Crippen molar-refractivity contribution in [3.63, 3.8) is 0 Å². The smallest absolute Gasteiger partial charge is 0.0586 e. The summed E-state index contributed by atoms with van der Waals surface area (Å²) in [4.78, 5) is 0. The number of rotatable bonds is 4. The zero-order valence-electron chi connectivity index (χ0n) is 10.1. The second-order valence-corrected chi connectivity index (χ2v) is 4.67. The fourth-order valence-corrected chi connectivity index (χ4v) is 2.50. The molecule has 0 spiro atoms. The van der Waals surface area contributed by atoms with Crippen LogP contribution in [0, 0.1) is 0 Å². The molecule has 88 valence electrons. The van der Waals surface area contributed by atoms with Gasteiger partial charge in [0.1, 0.15) is 0 Å². The molecule has 1 N–H and O–H groups in total. The first kappa shape index (κ1) is 11.6. The van der Waals surface area contributed by atoms with Gasteiger partial charge in [0.2, 0.25) is 0 Å². The lowest BCUT2D eigenvalue weighted by Crippen LogP contribution is -2.29. The molecule has 2 rings (SSSR count). The van der Waals surface area contributed by atoms with Gasteiger partial charge in [-0.2, -0.15) is 0 Å². The van der Waals surface area contributed by atoms with Gasteiger partial charge in [-0.15, -0.1) is 0 Å². The van der Waals surface area contributed by atoms with E-state index in [1.54, 1.807) is 0 Å². The molecule has 0 saturated heterocycles. The number of methoxy groups -OCH3 is 1. The highest BCUT2D eigenvalue weighted by Crippen LogP contribution is 2.24. The number of nitrogens with one attached hydrogen (secondary N) is 1. The summed E-state index contributed by atoms with van der Waals surface area (Å²) in [6.07, 6.45) is 4.03. The first-order valence-electron chi connectivity index (χ1n) is 6.13. The van der Waals surface area contributed by atoms with E-state index >= 15 is 0 Å². The Morgan fingerprint density at radius 3 is 2.62 bits per heavy atom. The topological polar surface area (TPSA) is 21.3 Å². The van der Waals surface area contributed by atoms with Crippen molar-refractivity contribution in [1.29, 1.82) is 0 Å². The second kappa shape index (κ2) is 5.46. The van der Waals surface area contributed by atoms with Crippen molar-refractivity contribution in [3.05, 3.63) is 35.9 Å². The third-order valence-corrected chi connectivity index (χ3v) is 3.50. The minimum Gasteiger partial charge on any atom is -0.381 e. The molecule has 1 aliphatic carbocycles. The van der Waals surface area contributed by atoms with Crippen LogP contribution in [0.5, 0.6) is 0 Å². The SMILES string of the molecule is COC1CCC(NC(C)c2ccccc2)C1. The predicted molar refractivity (Wildman–Crippen MR) is 66.4 cm³/mol. The average Bonchev–Trinajstić information content (AvgIpc) is 2.78. The normalized spacial score (nSPS) is 26.9. The van der Waals surface area contributed by atoms with Crippen molar-refractivity contribution >= 4 is 0 Å². The second-order valence-electron chi connectivity index (χ2n) is 4.67. The van der Waals surface area contributed by atoms with Crippen molar-refractivity contribution in [1.82, 2.24) is 5.32 Å². The molecule has 2 heteroatoms. The molecule has 1 aromatic carbocycles. The first-order chi connectivity index (χ1) is 7.79. The van der Waals surface area contributed by atoms with Crippen LogP contribution in [0.25, 0.3) is 0 Å². The molecule has 0 bridgehead atoms. The molecule has 1 aromatic rings. The van der Waals surface area contributed by atoms with Gasteiger partial charge in [-0.1, -0.05) is 30.3 Å². The van der Waals surface area contributed by atoms with Gasteiger partial charge in [-0.25, -0.2) is 0 Å². The van der Waals surface area contributed by atoms with Crippen LogP contribution in [-0.2, 0) is 4.74 Å². The van der Waals surface area contributed by atoms with Gasteiger partial charge in [-0.05, 0) is 31.7 Å². The van der Waals surface area contributed by atoms with Crippen LogP contribution in [0.15, 0.2) is 30.3 Å². The lowest BCUT2D eigenvalue weighted by Gasteiger charge is -2.19. The molecule has 1 aliphatic rings. The molecule has 0 aromatic heterocycles. The van der Waals surface area contributed by atoms with Crippen molar-refractivity contribution < 1.29 is 4.74 Å². The number of benzene rings is 1. The van der Waals surface area contributed by atoms with E-state index < -0.39 is 0 Å². The van der Waals surface area contributed by atoms with Gasteiger partial charge >= 0.3 is 0 Å². The highest BCUT2D eigenvalue weighted by Gasteiger charge is 2.25. The Kier molecular flexibility index (Phi) is 3.97. The van der Waals surface area contributed by atoms with Crippen LogP contribution >= 0.6 is 0 Å². The molecule has 3 unspecified atom stereocenters. The summed E-state index contributed by atoms with van der Waals surface area (Å²) >= 11 is 0. The highest BCUT2D eigenvalue weighted by atomic mass is 16.5. The molecule has 0 aliphatic heterocycles. The summed E-state index contributed by atoms with van der Waals surface area (Å²) in [6.45, 7) is 2.23. The Morgan fingerprint density at radius 1 is 1.25 bits per heavy atom. The number of ether oxygens (including phenoxy) is 1. The Morgan fingerprint density at radius 2 is 2.00 bits per heavy atom. The zero-order chi connectivity index (χ0) is 11.4. The fourth-order valence-electron chi connectivity index (χ4n) is 2.50. The van der Waals surface area contributed by atoms with Crippen molar-refractivity contribution in [2.45, 2.75) is 44.4 Å². The van der Waals surface area contributed by atoms with Crippen LogP contribution in [0.2, 0.25) is 0 Å². The number of hydrogen-bond donors (Lipinski definition) is 1. The van der Waals surface area contributed by atoms with Gasteiger partial charge in [0.15, 0.2) is 0 Å². The molecule has 16 heavy (non-hydrogen) atoms. The average molecular weight is 219 g/mol. The van der Waals surface area contributed by atoms with Gasteiger partial charge in [0.25, 0.3) is 0 Å². The van der Waals surface area contributed by atoms with Gasteiger partial charge in [-0.3, -0.25) is 0 Å². The Balaban J connectivity index is 1.86. The molecule has 2 nitrogen and oxygen atoms in total. The molecule has 3 atom stereocenters. The molecule has 0 radical (unpaired) electrons. The van der Waals surface area contributed by atoms with E-state index in [2.05, 4.69) is 42.6 Å². The maximum absolute atomic E-state index is 5.39. The third-order valence-electron chi connectivity index (χ3n) is 3.50. The Hall–Kier alpha value is -0.860. The van der Waals surface area contributed by atoms with Gasteiger partial charge in [0, 0.05) is 19.2 Å². The van der Waals surface area contributed by atoms with E-state index in [1.165, 1.54) is 18.4 Å². The summed E-state index contributed by atoms with van der Waals surface area (Å²) in [7, 11) is 1.81. The van der Waals surface area contributed by atoms with E-state index in [4.69, 9.17) is 4.74 Å². The minimum atomic E-state index is 0.432. The summed E-state index contributed by atoms with van der Waals surface area (Å²) in [5.41, 5.74) is 1.36. The van der Waals surface area contributed by atoms with E-state index in [9.17, 15) is 0 Å². The van der Waals surface area contributed by atoms with Crippen LogP contribution < -0.4 is 5.32 Å². The maximum atomic E-state index is 5.39. The molecule has 1 saturated carbocycles. The Labute approximate surface area is 98.0 Å². The van der Waals surface area contributed by atoms with Crippen molar-refractivity contribution in [2.24, 2.45) is 0 Å². The lowest BCUT2D eigenvalue weighted by molar-refractivity contribution is 0.106. The van der Waals surface area contributed by atoms with Gasteiger partial charge < -0.3 is 10.1 Å². The monoisotopic (exact) mass is 219 g/mol. The molecule has 0 heterocycles. The molecule has 0 amide bonds. The van der Waals surface area contributed by atoms with E-state index in [1.807, 2.05) is 7.11 Å². The third kappa shape index (κ3) is 2.83. The zero-order valence-corrected chi connectivity index (χ0v) is 10.1. The molecule has 1 fully saturated rings. The van der Waals surface area contributed by atoms with Crippen LogP contribution in [0.1, 0.15) is 37.8 Å². The quantitative estimate of drug-likeness (QED) is 0.840. The standard InChI is InChI=1S/C14H21NO/c1-11(12-6-4-3-5-7-12)15-13-8-9-14(10-13)16-2/h3-7,11,13-15H,8-10H2,1-2H3. The fraction of sp³-hybridized carbons (Fsp3) is 0.571. The van der Waals surface area contributed by atoms with Crippen LogP contribution in [-0.4, -0.2) is 19.3 Å². The molecular weight excluding hydrogens is 198 g/mol. The van der Waals surface area contributed by atoms with Gasteiger partial charge in [0.05, 0.1) is 6.10 Å². The minimum absolute atomic E-state index is 0.432. The summed E-state index contributed by atoms with van der Waals surface area (Å²) in [6, 6.07) is 11.7. The summed E-state index contributed by atoms with van der Waals surface area (Å²) in [5, 5.41) is 3.68. The van der Waals surface area contributed by atoms with E-state index in [-0.39, 0.29) is 0 Å². The molecular formula is C14H21NO. The first-order valence-corrected chi connectivity index (χ1v) is 6.13. The lowest BCUT2D eigenvalue weighted by atomic mass is 10.1. The van der Waals surface area contributed by atoms with Crippen molar-refractivity contribution in [2.75, 3.05) is 7.11 Å². The van der Waals surface area contributed by atoms with E-state index in [0.29, 0.717) is 18.2 Å². The highest BCUT2D eigenvalue weighted by molar-refractivity contribution is 5.18. The summed E-state index contributed by atoms with van der Waals surface area (Å²) < 4.78 is 5.39. The van der Waals surface area contributed by atoms with E-state index in [0.717, 1.165) is 6.42 Å². The predicted octanol–water partition coefficient (Wildman–Crippen LogP) is 2.90. The van der Waals surface area contributed by atoms with Crippen molar-refractivity contribution in [3.8, 4) is 0 Å². The number of hydrogen-bond acceptors (Lipinski definition) is 2. The summed E-state index contributed by atoms with van der Waals surface area (Å²) in [5.74, 6) is 0. The largest absolute Gasteiger partial charge is 0.381 e. The Bertz CT molecular complexity index is 312. The van der Waals surface area contributed by atoms with Crippen LogP contribution in [0.4, 0.5) is 0 Å². The maximum Gasteiger partial charge on any atom is 0.0586 e. The van der Waals surface area contributed by atoms with Crippen LogP contribution in [0.3, 0.4) is 0 Å².